The van der Waals surface area contributed by atoms with E-state index in [9.17, 15) is 13.6 Å². The summed E-state index contributed by atoms with van der Waals surface area (Å²) in [6.45, 7) is 0.330. The van der Waals surface area contributed by atoms with Gasteiger partial charge in [-0.15, -0.1) is 0 Å². The van der Waals surface area contributed by atoms with Crippen molar-refractivity contribution >= 4 is 40.5 Å². The predicted molar refractivity (Wildman–Crippen MR) is 84.6 cm³/mol. The van der Waals surface area contributed by atoms with Gasteiger partial charge in [-0.1, -0.05) is 23.2 Å². The van der Waals surface area contributed by atoms with E-state index in [4.69, 9.17) is 23.2 Å². The third kappa shape index (κ3) is 4.58. The Morgan fingerprint density at radius 1 is 1.05 bits per heavy atom. The summed E-state index contributed by atoms with van der Waals surface area (Å²) in [4.78, 5) is 11.7. The summed E-state index contributed by atoms with van der Waals surface area (Å²) in [5.41, 5.74) is 0.861. The number of carbonyl (C=O) groups excluding carboxylic acids is 1. The molecule has 22 heavy (non-hydrogen) atoms. The largest absolute Gasteiger partial charge is 0.383 e. The lowest BCUT2D eigenvalue weighted by atomic mass is 10.2. The van der Waals surface area contributed by atoms with Crippen LogP contribution in [0.5, 0.6) is 0 Å². The molecule has 2 N–H and O–H groups in total. The minimum absolute atomic E-state index is 0.137. The van der Waals surface area contributed by atoms with Crippen LogP contribution in [0.3, 0.4) is 0 Å². The minimum Gasteiger partial charge on any atom is -0.383 e. The number of carbonyl (C=O) groups is 1. The van der Waals surface area contributed by atoms with Crippen molar-refractivity contribution in [2.45, 2.75) is 6.42 Å². The van der Waals surface area contributed by atoms with Gasteiger partial charge >= 0.3 is 0 Å². The van der Waals surface area contributed by atoms with Crippen LogP contribution in [-0.2, 0) is 4.79 Å². The van der Waals surface area contributed by atoms with Crippen molar-refractivity contribution in [2.24, 2.45) is 0 Å². The standard InChI is InChI=1S/C15H12Cl2F2N2O/c16-9-1-4-14(11(17)7-9)20-6-5-15(22)21-10-2-3-12(18)13(19)8-10/h1-4,7-8,20H,5-6H2,(H,21,22). The van der Waals surface area contributed by atoms with Gasteiger partial charge < -0.3 is 10.6 Å². The van der Waals surface area contributed by atoms with Crippen molar-refractivity contribution in [3.63, 3.8) is 0 Å². The molecule has 0 heterocycles. The lowest BCUT2D eigenvalue weighted by Gasteiger charge is -2.09. The van der Waals surface area contributed by atoms with Crippen molar-refractivity contribution < 1.29 is 13.6 Å². The van der Waals surface area contributed by atoms with Crippen LogP contribution in [0.4, 0.5) is 20.2 Å². The van der Waals surface area contributed by atoms with Crippen LogP contribution < -0.4 is 10.6 Å². The number of benzene rings is 2. The Bertz CT molecular complexity index is 695. The number of halogens is 4. The molecule has 0 aromatic heterocycles. The van der Waals surface area contributed by atoms with Crippen LogP contribution in [0.2, 0.25) is 10.0 Å². The molecule has 0 radical (unpaired) electrons. The van der Waals surface area contributed by atoms with Gasteiger partial charge in [0.05, 0.1) is 10.7 Å². The van der Waals surface area contributed by atoms with E-state index in [0.717, 1.165) is 12.1 Å². The van der Waals surface area contributed by atoms with Gasteiger partial charge in [0.25, 0.3) is 0 Å². The molecular weight excluding hydrogens is 333 g/mol. The topological polar surface area (TPSA) is 41.1 Å². The first-order valence-corrected chi connectivity index (χ1v) is 7.15. The first kappa shape index (κ1) is 16.5. The fraction of sp³-hybridized carbons (Fsp3) is 0.133. The maximum absolute atomic E-state index is 13.0. The zero-order valence-electron chi connectivity index (χ0n) is 11.3. The van der Waals surface area contributed by atoms with Crippen molar-refractivity contribution in [1.82, 2.24) is 0 Å². The minimum atomic E-state index is -1.01. The molecule has 0 fully saturated rings. The van der Waals surface area contributed by atoms with E-state index >= 15 is 0 Å². The first-order chi connectivity index (χ1) is 10.5. The third-order valence-electron chi connectivity index (χ3n) is 2.80. The number of anilines is 2. The van der Waals surface area contributed by atoms with Crippen molar-refractivity contribution in [1.29, 1.82) is 0 Å². The Balaban J connectivity index is 1.83. The van der Waals surface area contributed by atoms with Crippen LogP contribution in [-0.4, -0.2) is 12.5 Å². The SMILES string of the molecule is O=C(CCNc1ccc(Cl)cc1Cl)Nc1ccc(F)c(F)c1. The molecule has 0 saturated carbocycles. The summed E-state index contributed by atoms with van der Waals surface area (Å²) >= 11 is 11.8. The lowest BCUT2D eigenvalue weighted by Crippen LogP contribution is -2.16. The molecule has 3 nitrogen and oxygen atoms in total. The highest BCUT2D eigenvalue weighted by atomic mass is 35.5. The lowest BCUT2D eigenvalue weighted by molar-refractivity contribution is -0.115. The Kier molecular flexibility index (Phi) is 5.57. The molecule has 0 atom stereocenters. The summed E-state index contributed by atoms with van der Waals surface area (Å²) < 4.78 is 25.8. The second-order valence-electron chi connectivity index (χ2n) is 4.48. The molecule has 2 aromatic rings. The van der Waals surface area contributed by atoms with Crippen LogP contribution in [0.25, 0.3) is 0 Å². The molecule has 116 valence electrons. The quantitative estimate of drug-likeness (QED) is 0.824. The van der Waals surface area contributed by atoms with E-state index in [2.05, 4.69) is 10.6 Å². The molecule has 0 aliphatic carbocycles. The van der Waals surface area contributed by atoms with Gasteiger partial charge in [-0.2, -0.15) is 0 Å². The van der Waals surface area contributed by atoms with E-state index in [1.807, 2.05) is 0 Å². The zero-order chi connectivity index (χ0) is 16.1. The Morgan fingerprint density at radius 3 is 2.50 bits per heavy atom. The zero-order valence-corrected chi connectivity index (χ0v) is 12.8. The monoisotopic (exact) mass is 344 g/mol. The molecule has 0 spiro atoms. The summed E-state index contributed by atoms with van der Waals surface area (Å²) in [5, 5.41) is 6.44. The second-order valence-corrected chi connectivity index (χ2v) is 5.32. The van der Waals surface area contributed by atoms with Gasteiger partial charge in [0.1, 0.15) is 0 Å². The average Bonchev–Trinajstić information content (AvgIpc) is 2.45. The molecule has 0 unspecified atom stereocenters. The summed E-state index contributed by atoms with van der Waals surface area (Å²) in [6.07, 6.45) is 0.137. The van der Waals surface area contributed by atoms with E-state index < -0.39 is 11.6 Å². The normalized spacial score (nSPS) is 10.4. The van der Waals surface area contributed by atoms with Gasteiger partial charge in [0.2, 0.25) is 5.91 Å². The molecule has 0 aliphatic rings. The average molecular weight is 345 g/mol. The van der Waals surface area contributed by atoms with Crippen LogP contribution in [0.15, 0.2) is 36.4 Å². The summed E-state index contributed by atoms with van der Waals surface area (Å²) in [7, 11) is 0. The van der Waals surface area contributed by atoms with Crippen molar-refractivity contribution in [3.8, 4) is 0 Å². The smallest absolute Gasteiger partial charge is 0.226 e. The Labute approximate surface area is 136 Å². The van der Waals surface area contributed by atoms with Crippen molar-refractivity contribution in [2.75, 3.05) is 17.2 Å². The molecule has 7 heteroatoms. The predicted octanol–water partition coefficient (Wildman–Crippen LogP) is 4.71. The Morgan fingerprint density at radius 2 is 1.82 bits per heavy atom. The van der Waals surface area contributed by atoms with Crippen LogP contribution in [0.1, 0.15) is 6.42 Å². The maximum Gasteiger partial charge on any atom is 0.226 e. The molecule has 1 amide bonds. The molecule has 0 bridgehead atoms. The number of rotatable bonds is 5. The Hall–Kier alpha value is -1.85. The number of hydrogen-bond acceptors (Lipinski definition) is 2. The highest BCUT2D eigenvalue weighted by molar-refractivity contribution is 6.36. The van der Waals surface area contributed by atoms with Gasteiger partial charge in [0, 0.05) is 29.7 Å². The van der Waals surface area contributed by atoms with Crippen LogP contribution in [0, 0.1) is 11.6 Å². The molecular formula is C15H12Cl2F2N2O. The van der Waals surface area contributed by atoms with Gasteiger partial charge in [-0.25, -0.2) is 8.78 Å². The fourth-order valence-electron chi connectivity index (χ4n) is 1.74. The molecule has 0 aliphatic heterocycles. The van der Waals surface area contributed by atoms with E-state index in [1.54, 1.807) is 18.2 Å². The van der Waals surface area contributed by atoms with E-state index in [1.165, 1.54) is 6.07 Å². The number of amides is 1. The van der Waals surface area contributed by atoms with Crippen molar-refractivity contribution in [3.05, 3.63) is 58.1 Å². The molecule has 0 saturated heterocycles. The summed E-state index contributed by atoms with van der Waals surface area (Å²) in [5.74, 6) is -2.30. The van der Waals surface area contributed by atoms with Crippen LogP contribution >= 0.6 is 23.2 Å². The highest BCUT2D eigenvalue weighted by Crippen LogP contribution is 2.25. The van der Waals surface area contributed by atoms with E-state index in [0.29, 0.717) is 22.3 Å². The van der Waals surface area contributed by atoms with Gasteiger partial charge in [0.15, 0.2) is 11.6 Å². The molecule has 2 aromatic carbocycles. The number of nitrogens with one attached hydrogen (secondary N) is 2. The maximum atomic E-state index is 13.0. The molecule has 2 rings (SSSR count). The fourth-order valence-corrected chi connectivity index (χ4v) is 2.22. The second kappa shape index (κ2) is 7.42. The summed E-state index contributed by atoms with van der Waals surface area (Å²) in [6, 6.07) is 8.15. The van der Waals surface area contributed by atoms with Gasteiger partial charge in [-0.3, -0.25) is 4.79 Å². The number of hydrogen-bond donors (Lipinski definition) is 2. The third-order valence-corrected chi connectivity index (χ3v) is 3.35. The highest BCUT2D eigenvalue weighted by Gasteiger charge is 2.07. The van der Waals surface area contributed by atoms with E-state index in [-0.39, 0.29) is 18.0 Å². The first-order valence-electron chi connectivity index (χ1n) is 6.39. The van der Waals surface area contributed by atoms with Gasteiger partial charge in [-0.05, 0) is 30.3 Å².